The second kappa shape index (κ2) is 6.15. The van der Waals surface area contributed by atoms with Gasteiger partial charge in [-0.25, -0.2) is 8.42 Å². The van der Waals surface area contributed by atoms with Crippen LogP contribution < -0.4 is 4.31 Å². The van der Waals surface area contributed by atoms with Crippen LogP contribution in [0.15, 0.2) is 18.2 Å². The van der Waals surface area contributed by atoms with Crippen molar-refractivity contribution in [3.05, 3.63) is 29.3 Å². The quantitative estimate of drug-likeness (QED) is 0.833. The first-order chi connectivity index (χ1) is 10.9. The van der Waals surface area contributed by atoms with Gasteiger partial charge in [0.05, 0.1) is 11.9 Å². The van der Waals surface area contributed by atoms with E-state index in [4.69, 9.17) is 0 Å². The predicted octanol–water partition coefficient (Wildman–Crippen LogP) is 2.41. The van der Waals surface area contributed by atoms with Crippen LogP contribution in [0.25, 0.3) is 0 Å². The van der Waals surface area contributed by atoms with Crippen LogP contribution in [0.2, 0.25) is 0 Å². The van der Waals surface area contributed by atoms with E-state index in [9.17, 15) is 13.2 Å². The zero-order chi connectivity index (χ0) is 16.6. The maximum Gasteiger partial charge on any atom is 0.254 e. The van der Waals surface area contributed by atoms with Crippen molar-refractivity contribution in [2.75, 3.05) is 23.7 Å². The van der Waals surface area contributed by atoms with E-state index in [0.717, 1.165) is 43.5 Å². The summed E-state index contributed by atoms with van der Waals surface area (Å²) in [5, 5.41) is 0. The van der Waals surface area contributed by atoms with Crippen LogP contribution in [0.4, 0.5) is 5.69 Å². The SMILES string of the molecule is C[C@@H]1CCCCN1C(=O)c1ccc2c(c1)CCCN2S(C)(=O)=O. The Hall–Kier alpha value is -1.56. The van der Waals surface area contributed by atoms with Crippen molar-refractivity contribution in [1.82, 2.24) is 4.90 Å². The predicted molar refractivity (Wildman–Crippen MR) is 91.3 cm³/mol. The molecule has 126 valence electrons. The van der Waals surface area contributed by atoms with E-state index >= 15 is 0 Å². The molecule has 6 heteroatoms. The number of rotatable bonds is 2. The Labute approximate surface area is 138 Å². The Morgan fingerprint density at radius 2 is 1.96 bits per heavy atom. The minimum absolute atomic E-state index is 0.0662. The van der Waals surface area contributed by atoms with Gasteiger partial charge >= 0.3 is 0 Å². The fourth-order valence-corrected chi connectivity index (χ4v) is 4.60. The standard InChI is InChI=1S/C17H24N2O3S/c1-13-6-3-4-10-18(13)17(20)15-8-9-16-14(12-15)7-5-11-19(16)23(2,21)22/h8-9,12-13H,3-7,10-11H2,1-2H3/t13-/m1/s1. The molecular weight excluding hydrogens is 312 g/mol. The van der Waals surface area contributed by atoms with E-state index in [1.165, 1.54) is 17.0 Å². The molecule has 1 aromatic rings. The fraction of sp³-hybridized carbons (Fsp3) is 0.588. The number of piperidine rings is 1. The summed E-state index contributed by atoms with van der Waals surface area (Å²) in [6.07, 6.45) is 6.13. The van der Waals surface area contributed by atoms with Crippen molar-refractivity contribution >= 4 is 21.6 Å². The summed E-state index contributed by atoms with van der Waals surface area (Å²) in [6, 6.07) is 5.72. The van der Waals surface area contributed by atoms with Gasteiger partial charge in [-0.3, -0.25) is 9.10 Å². The molecule has 3 rings (SSSR count). The highest BCUT2D eigenvalue weighted by atomic mass is 32.2. The van der Waals surface area contributed by atoms with Crippen LogP contribution in [-0.2, 0) is 16.4 Å². The molecule has 1 aromatic carbocycles. The molecule has 5 nitrogen and oxygen atoms in total. The summed E-state index contributed by atoms with van der Waals surface area (Å²) in [6.45, 7) is 3.43. The lowest BCUT2D eigenvalue weighted by atomic mass is 9.98. The van der Waals surface area contributed by atoms with Gasteiger partial charge in [-0.05, 0) is 62.8 Å². The van der Waals surface area contributed by atoms with E-state index in [-0.39, 0.29) is 11.9 Å². The largest absolute Gasteiger partial charge is 0.336 e. The van der Waals surface area contributed by atoms with Crippen molar-refractivity contribution in [2.45, 2.75) is 45.1 Å². The van der Waals surface area contributed by atoms with Gasteiger partial charge < -0.3 is 4.90 Å². The number of carbonyl (C=O) groups is 1. The number of benzene rings is 1. The Morgan fingerprint density at radius 3 is 2.65 bits per heavy atom. The van der Waals surface area contributed by atoms with E-state index in [1.54, 1.807) is 12.1 Å². The lowest BCUT2D eigenvalue weighted by Crippen LogP contribution is -2.42. The molecule has 1 fully saturated rings. The second-order valence-corrected chi connectivity index (χ2v) is 8.53. The number of hydrogen-bond donors (Lipinski definition) is 0. The number of anilines is 1. The Balaban J connectivity index is 1.90. The number of amides is 1. The average molecular weight is 336 g/mol. The molecule has 0 spiro atoms. The summed E-state index contributed by atoms with van der Waals surface area (Å²) in [5.41, 5.74) is 2.35. The number of hydrogen-bond acceptors (Lipinski definition) is 3. The Kier molecular flexibility index (Phi) is 4.36. The fourth-order valence-electron chi connectivity index (χ4n) is 3.61. The molecule has 0 saturated carbocycles. The maximum atomic E-state index is 12.8. The molecular formula is C17H24N2O3S. The topological polar surface area (TPSA) is 57.7 Å². The minimum atomic E-state index is -3.26. The molecule has 1 amide bonds. The number of aryl methyl sites for hydroxylation is 1. The van der Waals surface area contributed by atoms with Crippen molar-refractivity contribution in [2.24, 2.45) is 0 Å². The first kappa shape index (κ1) is 16.3. The third-order valence-corrected chi connectivity index (χ3v) is 6.05. The van der Waals surface area contributed by atoms with Gasteiger partial charge in [-0.2, -0.15) is 0 Å². The third-order valence-electron chi connectivity index (χ3n) is 4.87. The molecule has 0 aromatic heterocycles. The second-order valence-electron chi connectivity index (χ2n) is 6.63. The van der Waals surface area contributed by atoms with Gasteiger partial charge in [0.2, 0.25) is 10.0 Å². The smallest absolute Gasteiger partial charge is 0.254 e. The summed E-state index contributed by atoms with van der Waals surface area (Å²) >= 11 is 0. The zero-order valence-corrected chi connectivity index (χ0v) is 14.6. The highest BCUT2D eigenvalue weighted by molar-refractivity contribution is 7.92. The molecule has 1 saturated heterocycles. The van der Waals surface area contributed by atoms with Gasteiger partial charge in [-0.15, -0.1) is 0 Å². The number of sulfonamides is 1. The van der Waals surface area contributed by atoms with Crippen LogP contribution >= 0.6 is 0 Å². The molecule has 0 unspecified atom stereocenters. The molecule has 0 aliphatic carbocycles. The minimum Gasteiger partial charge on any atom is -0.336 e. The van der Waals surface area contributed by atoms with Gasteiger partial charge in [0.25, 0.3) is 5.91 Å². The number of likely N-dealkylation sites (tertiary alicyclic amines) is 1. The van der Waals surface area contributed by atoms with Gasteiger partial charge in [0.15, 0.2) is 0 Å². The van der Waals surface area contributed by atoms with Crippen molar-refractivity contribution in [3.8, 4) is 0 Å². The highest BCUT2D eigenvalue weighted by Crippen LogP contribution is 2.30. The van der Waals surface area contributed by atoms with E-state index < -0.39 is 10.0 Å². The summed E-state index contributed by atoms with van der Waals surface area (Å²) in [4.78, 5) is 14.7. The number of fused-ring (bicyclic) bond motifs is 1. The molecule has 0 N–H and O–H groups in total. The average Bonchev–Trinajstić information content (AvgIpc) is 2.52. The Morgan fingerprint density at radius 1 is 1.17 bits per heavy atom. The van der Waals surface area contributed by atoms with Crippen molar-refractivity contribution < 1.29 is 13.2 Å². The highest BCUT2D eigenvalue weighted by Gasteiger charge is 2.27. The monoisotopic (exact) mass is 336 g/mol. The molecule has 23 heavy (non-hydrogen) atoms. The zero-order valence-electron chi connectivity index (χ0n) is 13.8. The van der Waals surface area contributed by atoms with Crippen LogP contribution in [0.3, 0.4) is 0 Å². The maximum absolute atomic E-state index is 12.8. The molecule has 0 bridgehead atoms. The van der Waals surface area contributed by atoms with Crippen molar-refractivity contribution in [3.63, 3.8) is 0 Å². The summed E-state index contributed by atoms with van der Waals surface area (Å²) < 4.78 is 25.3. The van der Waals surface area contributed by atoms with Crippen LogP contribution in [0, 0.1) is 0 Å². The summed E-state index contributed by atoms with van der Waals surface area (Å²) in [7, 11) is -3.26. The number of nitrogens with zero attached hydrogens (tertiary/aromatic N) is 2. The third kappa shape index (κ3) is 3.22. The van der Waals surface area contributed by atoms with Gasteiger partial charge in [-0.1, -0.05) is 0 Å². The van der Waals surface area contributed by atoms with E-state index in [2.05, 4.69) is 6.92 Å². The molecule has 1 atom stereocenters. The lowest BCUT2D eigenvalue weighted by Gasteiger charge is -2.34. The summed E-state index contributed by atoms with van der Waals surface area (Å²) in [5.74, 6) is 0.0662. The molecule has 2 aliphatic rings. The normalized spacial score (nSPS) is 21.9. The van der Waals surface area contributed by atoms with Gasteiger partial charge in [0.1, 0.15) is 0 Å². The van der Waals surface area contributed by atoms with Crippen LogP contribution in [-0.4, -0.2) is 44.6 Å². The first-order valence-electron chi connectivity index (χ1n) is 8.29. The molecule has 0 radical (unpaired) electrons. The molecule has 2 aliphatic heterocycles. The number of carbonyl (C=O) groups excluding carboxylic acids is 1. The lowest BCUT2D eigenvalue weighted by molar-refractivity contribution is 0.0635. The van der Waals surface area contributed by atoms with Crippen LogP contribution in [0.1, 0.15) is 48.5 Å². The van der Waals surface area contributed by atoms with E-state index in [0.29, 0.717) is 12.1 Å². The molecule has 2 heterocycles. The van der Waals surface area contributed by atoms with Crippen LogP contribution in [0.5, 0.6) is 0 Å². The van der Waals surface area contributed by atoms with Crippen molar-refractivity contribution in [1.29, 1.82) is 0 Å². The Bertz CT molecular complexity index is 715. The van der Waals surface area contributed by atoms with Gasteiger partial charge in [0, 0.05) is 24.7 Å². The first-order valence-corrected chi connectivity index (χ1v) is 10.1. The van der Waals surface area contributed by atoms with E-state index in [1.807, 2.05) is 11.0 Å².